The number of hydrogen-bond donors (Lipinski definition) is 2. The summed E-state index contributed by atoms with van der Waals surface area (Å²) in [5.74, 6) is 0.582. The zero-order valence-corrected chi connectivity index (χ0v) is 11.4. The Kier molecular flexibility index (Phi) is 3.06. The van der Waals surface area contributed by atoms with Gasteiger partial charge >= 0.3 is 0 Å². The third-order valence-corrected chi connectivity index (χ3v) is 3.83. The van der Waals surface area contributed by atoms with Crippen molar-refractivity contribution in [2.75, 3.05) is 31.2 Å². The van der Waals surface area contributed by atoms with Crippen molar-refractivity contribution in [3.05, 3.63) is 18.2 Å². The van der Waals surface area contributed by atoms with E-state index in [0.29, 0.717) is 23.7 Å². The highest BCUT2D eigenvalue weighted by Crippen LogP contribution is 2.24. The summed E-state index contributed by atoms with van der Waals surface area (Å²) in [4.78, 5) is 6.81. The van der Waals surface area contributed by atoms with Crippen molar-refractivity contribution >= 4 is 22.8 Å². The van der Waals surface area contributed by atoms with Gasteiger partial charge in [-0.3, -0.25) is 0 Å². The monoisotopic (exact) mass is 260 g/mol. The minimum Gasteiger partial charge on any atom is -0.424 e. The molecule has 2 heterocycles. The zero-order valence-electron chi connectivity index (χ0n) is 11.4. The molecule has 1 saturated heterocycles. The Hall–Kier alpha value is -1.75. The van der Waals surface area contributed by atoms with E-state index < -0.39 is 0 Å². The predicted octanol–water partition coefficient (Wildman–Crippen LogP) is 2.16. The van der Waals surface area contributed by atoms with E-state index in [2.05, 4.69) is 29.2 Å². The molecule has 3 N–H and O–H groups in total. The maximum atomic E-state index is 5.75. The number of oxazole rings is 1. The fraction of sp³-hybridized carbons (Fsp3) is 0.500. The molecule has 0 bridgehead atoms. The lowest BCUT2D eigenvalue weighted by Gasteiger charge is -2.34. The number of nitrogens with one attached hydrogen (secondary N) is 1. The number of piperidine rings is 1. The molecule has 1 aliphatic rings. The minimum atomic E-state index is 0.418. The van der Waals surface area contributed by atoms with Crippen LogP contribution in [0, 0.1) is 5.92 Å². The first-order valence-electron chi connectivity index (χ1n) is 6.73. The molecule has 0 amide bonds. The van der Waals surface area contributed by atoms with Crippen LogP contribution in [0.3, 0.4) is 0 Å². The van der Waals surface area contributed by atoms with Crippen molar-refractivity contribution in [3.8, 4) is 0 Å². The van der Waals surface area contributed by atoms with Crippen molar-refractivity contribution < 1.29 is 4.42 Å². The van der Waals surface area contributed by atoms with Crippen LogP contribution >= 0.6 is 0 Å². The van der Waals surface area contributed by atoms with E-state index in [1.807, 2.05) is 18.2 Å². The van der Waals surface area contributed by atoms with Gasteiger partial charge in [0, 0.05) is 18.3 Å². The van der Waals surface area contributed by atoms with Gasteiger partial charge in [0.05, 0.1) is 0 Å². The van der Waals surface area contributed by atoms with Gasteiger partial charge in [0.25, 0.3) is 6.01 Å². The van der Waals surface area contributed by atoms with Crippen LogP contribution in [0.15, 0.2) is 22.6 Å². The van der Waals surface area contributed by atoms with Gasteiger partial charge in [0.1, 0.15) is 5.52 Å². The summed E-state index contributed by atoms with van der Waals surface area (Å²) in [5.41, 5.74) is 8.04. The number of rotatable bonds is 2. The second kappa shape index (κ2) is 4.74. The molecule has 5 nitrogen and oxygen atoms in total. The van der Waals surface area contributed by atoms with Crippen LogP contribution in [-0.2, 0) is 0 Å². The normalized spacial score (nSPS) is 24.7. The van der Waals surface area contributed by atoms with Gasteiger partial charge in [-0.15, -0.1) is 0 Å². The Morgan fingerprint density at radius 3 is 3.11 bits per heavy atom. The topological polar surface area (TPSA) is 67.3 Å². The van der Waals surface area contributed by atoms with Gasteiger partial charge < -0.3 is 20.4 Å². The number of likely N-dealkylation sites (tertiary alicyclic amines) is 1. The Morgan fingerprint density at radius 1 is 1.47 bits per heavy atom. The summed E-state index contributed by atoms with van der Waals surface area (Å²) in [5, 5.41) is 3.41. The first-order chi connectivity index (χ1) is 9.11. The number of nitrogens with zero attached hydrogens (tertiary/aromatic N) is 2. The maximum absolute atomic E-state index is 5.75. The van der Waals surface area contributed by atoms with E-state index >= 15 is 0 Å². The van der Waals surface area contributed by atoms with E-state index in [-0.39, 0.29) is 0 Å². The standard InChI is InChI=1S/C14H20N4O/c1-9-8-18(2)6-5-11(9)16-14-17-12-7-10(15)3-4-13(12)19-14/h3-4,7,9,11H,5-6,8,15H2,1-2H3,(H,16,17). The van der Waals surface area contributed by atoms with E-state index in [1.54, 1.807) is 0 Å². The highest BCUT2D eigenvalue weighted by atomic mass is 16.4. The molecule has 1 aromatic carbocycles. The molecular formula is C14H20N4O. The summed E-state index contributed by atoms with van der Waals surface area (Å²) in [6.07, 6.45) is 1.11. The van der Waals surface area contributed by atoms with Crippen molar-refractivity contribution in [2.45, 2.75) is 19.4 Å². The molecule has 0 aliphatic carbocycles. The van der Waals surface area contributed by atoms with Crippen LogP contribution in [0.25, 0.3) is 11.1 Å². The second-order valence-corrected chi connectivity index (χ2v) is 5.53. The molecule has 2 unspecified atom stereocenters. The van der Waals surface area contributed by atoms with E-state index in [4.69, 9.17) is 10.2 Å². The fourth-order valence-electron chi connectivity index (χ4n) is 2.73. The molecule has 1 aromatic heterocycles. The first kappa shape index (κ1) is 12.3. The van der Waals surface area contributed by atoms with Crippen molar-refractivity contribution in [3.63, 3.8) is 0 Å². The third kappa shape index (κ3) is 2.51. The minimum absolute atomic E-state index is 0.418. The Balaban J connectivity index is 1.77. The Morgan fingerprint density at radius 2 is 2.32 bits per heavy atom. The molecule has 1 aliphatic heterocycles. The van der Waals surface area contributed by atoms with E-state index in [1.165, 1.54) is 0 Å². The number of aromatic nitrogens is 1. The first-order valence-corrected chi connectivity index (χ1v) is 6.73. The molecule has 19 heavy (non-hydrogen) atoms. The van der Waals surface area contributed by atoms with Crippen molar-refractivity contribution in [2.24, 2.45) is 5.92 Å². The maximum Gasteiger partial charge on any atom is 0.295 e. The molecule has 102 valence electrons. The number of nitrogens with two attached hydrogens (primary N) is 1. The molecule has 3 rings (SSSR count). The zero-order chi connectivity index (χ0) is 13.4. The highest BCUT2D eigenvalue weighted by Gasteiger charge is 2.25. The van der Waals surface area contributed by atoms with Gasteiger partial charge in [-0.25, -0.2) is 0 Å². The third-order valence-electron chi connectivity index (χ3n) is 3.83. The highest BCUT2D eigenvalue weighted by molar-refractivity contribution is 5.78. The van der Waals surface area contributed by atoms with Crippen LogP contribution in [0.1, 0.15) is 13.3 Å². The van der Waals surface area contributed by atoms with Crippen LogP contribution < -0.4 is 11.1 Å². The summed E-state index contributed by atoms with van der Waals surface area (Å²) in [6.45, 7) is 4.47. The molecule has 0 saturated carbocycles. The molecular weight excluding hydrogens is 240 g/mol. The van der Waals surface area contributed by atoms with Crippen LogP contribution in [0.5, 0.6) is 0 Å². The largest absolute Gasteiger partial charge is 0.424 e. The number of benzene rings is 1. The van der Waals surface area contributed by atoms with Gasteiger partial charge in [0.15, 0.2) is 5.58 Å². The SMILES string of the molecule is CC1CN(C)CCC1Nc1nc2cc(N)ccc2o1. The second-order valence-electron chi connectivity index (χ2n) is 5.53. The molecule has 0 spiro atoms. The van der Waals surface area contributed by atoms with Crippen LogP contribution in [0.4, 0.5) is 11.7 Å². The fourth-order valence-corrected chi connectivity index (χ4v) is 2.73. The molecule has 0 radical (unpaired) electrons. The lowest BCUT2D eigenvalue weighted by atomic mass is 9.94. The number of anilines is 2. The Labute approximate surface area is 112 Å². The van der Waals surface area contributed by atoms with E-state index in [0.717, 1.165) is 30.6 Å². The Bertz CT molecular complexity index is 580. The summed E-state index contributed by atoms with van der Waals surface area (Å²) in [7, 11) is 2.16. The van der Waals surface area contributed by atoms with Crippen molar-refractivity contribution in [1.29, 1.82) is 0 Å². The quantitative estimate of drug-likeness (QED) is 0.810. The lowest BCUT2D eigenvalue weighted by molar-refractivity contribution is 0.204. The van der Waals surface area contributed by atoms with Gasteiger partial charge in [0.2, 0.25) is 0 Å². The van der Waals surface area contributed by atoms with Gasteiger partial charge in [-0.05, 0) is 44.1 Å². The van der Waals surface area contributed by atoms with Gasteiger partial charge in [-0.2, -0.15) is 4.98 Å². The smallest absolute Gasteiger partial charge is 0.295 e. The molecule has 2 aromatic rings. The van der Waals surface area contributed by atoms with E-state index in [9.17, 15) is 0 Å². The molecule has 1 fully saturated rings. The number of fused-ring (bicyclic) bond motifs is 1. The average Bonchev–Trinajstić information content (AvgIpc) is 2.74. The van der Waals surface area contributed by atoms with Gasteiger partial charge in [-0.1, -0.05) is 6.92 Å². The predicted molar refractivity (Wildman–Crippen MR) is 77.1 cm³/mol. The van der Waals surface area contributed by atoms with Crippen LogP contribution in [-0.4, -0.2) is 36.1 Å². The number of hydrogen-bond acceptors (Lipinski definition) is 5. The number of nitrogen functional groups attached to an aromatic ring is 1. The summed E-state index contributed by atoms with van der Waals surface area (Å²) in [6, 6.07) is 6.54. The van der Waals surface area contributed by atoms with Crippen LogP contribution in [0.2, 0.25) is 0 Å². The van der Waals surface area contributed by atoms with Crippen molar-refractivity contribution in [1.82, 2.24) is 9.88 Å². The summed E-state index contributed by atoms with van der Waals surface area (Å²) >= 11 is 0. The average molecular weight is 260 g/mol. The summed E-state index contributed by atoms with van der Waals surface area (Å²) < 4.78 is 5.71. The lowest BCUT2D eigenvalue weighted by Crippen LogP contribution is -2.43. The molecule has 5 heteroatoms. The molecule has 2 atom stereocenters.